The molecule has 0 aromatic heterocycles. The maximum atomic E-state index is 5.53. The van der Waals surface area contributed by atoms with Crippen LogP contribution in [0.25, 0.3) is 0 Å². The Morgan fingerprint density at radius 3 is 2.33 bits per heavy atom. The average molecular weight is 250 g/mol. The van der Waals surface area contributed by atoms with Gasteiger partial charge in [-0.15, -0.1) is 0 Å². The van der Waals surface area contributed by atoms with Crippen molar-refractivity contribution in [2.24, 2.45) is 5.73 Å². The predicted molar refractivity (Wildman–Crippen MR) is 77.3 cm³/mol. The molecule has 0 heterocycles. The fraction of sp³-hybridized carbons (Fsp3) is 0.600. The molecule has 0 saturated heterocycles. The predicted octanol–water partition coefficient (Wildman–Crippen LogP) is 2.40. The van der Waals surface area contributed by atoms with Crippen LogP contribution in [0.5, 0.6) is 5.75 Å². The lowest BCUT2D eigenvalue weighted by molar-refractivity contribution is 0.408. The smallest absolute Gasteiger partial charge is 0.122 e. The second kappa shape index (κ2) is 5.72. The third-order valence-corrected chi connectivity index (χ3v) is 3.66. The Morgan fingerprint density at radius 2 is 1.83 bits per heavy atom. The second-order valence-electron chi connectivity index (χ2n) is 5.54. The summed E-state index contributed by atoms with van der Waals surface area (Å²) in [6, 6.07) is 2.13. The number of nitrogens with one attached hydrogen (secondary N) is 1. The van der Waals surface area contributed by atoms with Crippen LogP contribution in [0.4, 0.5) is 0 Å². The number of methoxy groups -OCH3 is 1. The number of hydrogen-bond donors (Lipinski definition) is 2. The fourth-order valence-electron chi connectivity index (χ4n) is 2.77. The molecule has 3 N–H and O–H groups in total. The standard InChI is InChI=1S/C15H26N2O/c1-10-7-13(18-6)11(2)12(3)14(10)15(4,5)8-17-9-16/h7,17H,8-9,16H2,1-6H3. The molecular weight excluding hydrogens is 224 g/mol. The molecule has 1 aromatic carbocycles. The monoisotopic (exact) mass is 250 g/mol. The van der Waals surface area contributed by atoms with Crippen LogP contribution >= 0.6 is 0 Å². The highest BCUT2D eigenvalue weighted by atomic mass is 16.5. The van der Waals surface area contributed by atoms with Gasteiger partial charge in [0, 0.05) is 18.6 Å². The maximum absolute atomic E-state index is 5.53. The van der Waals surface area contributed by atoms with Crippen molar-refractivity contribution in [2.45, 2.75) is 40.0 Å². The van der Waals surface area contributed by atoms with Crippen molar-refractivity contribution in [2.75, 3.05) is 20.3 Å². The molecule has 0 bridgehead atoms. The van der Waals surface area contributed by atoms with Gasteiger partial charge in [-0.3, -0.25) is 0 Å². The summed E-state index contributed by atoms with van der Waals surface area (Å²) in [6.07, 6.45) is 0. The van der Waals surface area contributed by atoms with Gasteiger partial charge in [0.05, 0.1) is 7.11 Å². The summed E-state index contributed by atoms with van der Waals surface area (Å²) in [4.78, 5) is 0. The number of rotatable bonds is 5. The molecule has 1 rings (SSSR count). The third-order valence-electron chi connectivity index (χ3n) is 3.66. The highest BCUT2D eigenvalue weighted by Gasteiger charge is 2.25. The van der Waals surface area contributed by atoms with E-state index >= 15 is 0 Å². The summed E-state index contributed by atoms with van der Waals surface area (Å²) in [7, 11) is 1.72. The third kappa shape index (κ3) is 2.85. The van der Waals surface area contributed by atoms with E-state index < -0.39 is 0 Å². The number of aryl methyl sites for hydroxylation is 1. The number of benzene rings is 1. The summed E-state index contributed by atoms with van der Waals surface area (Å²) in [5.41, 5.74) is 10.8. The normalized spacial score (nSPS) is 11.7. The van der Waals surface area contributed by atoms with Crippen LogP contribution in [-0.4, -0.2) is 20.3 Å². The van der Waals surface area contributed by atoms with E-state index in [9.17, 15) is 0 Å². The molecule has 0 aliphatic rings. The number of ether oxygens (including phenoxy) is 1. The first-order chi connectivity index (χ1) is 8.35. The van der Waals surface area contributed by atoms with Gasteiger partial charge in [-0.2, -0.15) is 0 Å². The molecular formula is C15H26N2O. The molecule has 0 radical (unpaired) electrons. The van der Waals surface area contributed by atoms with Crippen LogP contribution in [0.3, 0.4) is 0 Å². The first-order valence-electron chi connectivity index (χ1n) is 6.41. The van der Waals surface area contributed by atoms with Crippen molar-refractivity contribution in [3.63, 3.8) is 0 Å². The number of nitrogens with two attached hydrogens (primary N) is 1. The van der Waals surface area contributed by atoms with Crippen molar-refractivity contribution in [1.29, 1.82) is 0 Å². The highest BCUT2D eigenvalue weighted by molar-refractivity contribution is 5.51. The SMILES string of the molecule is COc1cc(C)c(C(C)(C)CNCN)c(C)c1C. The van der Waals surface area contributed by atoms with Crippen molar-refractivity contribution < 1.29 is 4.74 Å². The molecule has 0 aliphatic heterocycles. The van der Waals surface area contributed by atoms with Gasteiger partial charge in [0.15, 0.2) is 0 Å². The lowest BCUT2D eigenvalue weighted by atomic mass is 9.78. The molecule has 0 unspecified atom stereocenters. The molecule has 18 heavy (non-hydrogen) atoms. The van der Waals surface area contributed by atoms with Crippen LogP contribution < -0.4 is 15.8 Å². The molecule has 1 aromatic rings. The van der Waals surface area contributed by atoms with Crippen LogP contribution in [-0.2, 0) is 5.41 Å². The molecule has 0 fully saturated rings. The van der Waals surface area contributed by atoms with E-state index in [1.807, 2.05) is 0 Å². The first kappa shape index (κ1) is 15.0. The molecule has 3 heteroatoms. The minimum absolute atomic E-state index is 0.0601. The van der Waals surface area contributed by atoms with E-state index in [-0.39, 0.29) is 5.41 Å². The lowest BCUT2D eigenvalue weighted by Crippen LogP contribution is -2.37. The zero-order chi connectivity index (χ0) is 13.9. The molecule has 0 aliphatic carbocycles. The van der Waals surface area contributed by atoms with E-state index in [0.29, 0.717) is 6.67 Å². The molecule has 102 valence electrons. The summed E-state index contributed by atoms with van der Waals surface area (Å²) in [5.74, 6) is 0.969. The molecule has 3 nitrogen and oxygen atoms in total. The molecule has 0 atom stereocenters. The van der Waals surface area contributed by atoms with Gasteiger partial charge in [-0.05, 0) is 49.1 Å². The van der Waals surface area contributed by atoms with E-state index in [4.69, 9.17) is 10.5 Å². The average Bonchev–Trinajstić information content (AvgIpc) is 2.31. The van der Waals surface area contributed by atoms with Gasteiger partial charge in [-0.25, -0.2) is 0 Å². The van der Waals surface area contributed by atoms with Crippen molar-refractivity contribution in [3.05, 3.63) is 28.3 Å². The second-order valence-corrected chi connectivity index (χ2v) is 5.54. The summed E-state index contributed by atoms with van der Waals surface area (Å²) < 4.78 is 5.42. The molecule has 0 amide bonds. The van der Waals surface area contributed by atoms with Crippen LogP contribution in [0, 0.1) is 20.8 Å². The topological polar surface area (TPSA) is 47.3 Å². The van der Waals surface area contributed by atoms with E-state index in [2.05, 4.69) is 46.0 Å². The minimum atomic E-state index is 0.0601. The van der Waals surface area contributed by atoms with E-state index in [1.54, 1.807) is 7.11 Å². The van der Waals surface area contributed by atoms with Crippen LogP contribution in [0.15, 0.2) is 6.07 Å². The Hall–Kier alpha value is -1.06. The molecule has 0 saturated carbocycles. The first-order valence-corrected chi connectivity index (χ1v) is 6.41. The Labute approximate surface area is 111 Å². The van der Waals surface area contributed by atoms with E-state index in [1.165, 1.54) is 22.3 Å². The summed E-state index contributed by atoms with van der Waals surface area (Å²) >= 11 is 0. The van der Waals surface area contributed by atoms with Gasteiger partial charge in [-0.1, -0.05) is 13.8 Å². The quantitative estimate of drug-likeness (QED) is 0.789. The zero-order valence-electron chi connectivity index (χ0n) is 12.5. The largest absolute Gasteiger partial charge is 0.496 e. The Bertz CT molecular complexity index is 425. The zero-order valence-corrected chi connectivity index (χ0v) is 12.5. The Balaban J connectivity index is 3.28. The minimum Gasteiger partial charge on any atom is -0.496 e. The highest BCUT2D eigenvalue weighted by Crippen LogP contribution is 2.35. The van der Waals surface area contributed by atoms with Crippen molar-refractivity contribution in [1.82, 2.24) is 5.32 Å². The van der Waals surface area contributed by atoms with Crippen molar-refractivity contribution in [3.8, 4) is 5.75 Å². The van der Waals surface area contributed by atoms with Gasteiger partial charge < -0.3 is 15.8 Å². The van der Waals surface area contributed by atoms with Crippen LogP contribution in [0.1, 0.15) is 36.1 Å². The lowest BCUT2D eigenvalue weighted by Gasteiger charge is -2.30. The fourth-order valence-corrected chi connectivity index (χ4v) is 2.77. The van der Waals surface area contributed by atoms with E-state index in [0.717, 1.165) is 12.3 Å². The van der Waals surface area contributed by atoms with Crippen LogP contribution in [0.2, 0.25) is 0 Å². The molecule has 0 spiro atoms. The van der Waals surface area contributed by atoms with Gasteiger partial charge in [0.2, 0.25) is 0 Å². The van der Waals surface area contributed by atoms with Crippen molar-refractivity contribution >= 4 is 0 Å². The Morgan fingerprint density at radius 1 is 1.22 bits per heavy atom. The maximum Gasteiger partial charge on any atom is 0.122 e. The summed E-state index contributed by atoms with van der Waals surface area (Å²) in [6.45, 7) is 12.3. The number of hydrogen-bond acceptors (Lipinski definition) is 3. The van der Waals surface area contributed by atoms with Gasteiger partial charge >= 0.3 is 0 Å². The summed E-state index contributed by atoms with van der Waals surface area (Å²) in [5, 5.41) is 3.24. The van der Waals surface area contributed by atoms with Gasteiger partial charge in [0.25, 0.3) is 0 Å². The Kier molecular flexibility index (Phi) is 4.77. The van der Waals surface area contributed by atoms with Gasteiger partial charge in [0.1, 0.15) is 5.75 Å².